The highest BCUT2D eigenvalue weighted by Crippen LogP contribution is 2.20. The van der Waals surface area contributed by atoms with Crippen molar-refractivity contribution in [2.75, 3.05) is 18.4 Å². The molecule has 0 saturated carbocycles. The molecule has 0 atom stereocenters. The lowest BCUT2D eigenvalue weighted by molar-refractivity contribution is -0.133. The predicted octanol–water partition coefficient (Wildman–Crippen LogP) is 5.24. The van der Waals surface area contributed by atoms with Gasteiger partial charge in [0.1, 0.15) is 6.54 Å². The number of carbonyl (C=O) groups excluding carboxylic acids is 2. The van der Waals surface area contributed by atoms with E-state index in [9.17, 15) is 9.59 Å². The van der Waals surface area contributed by atoms with Crippen LogP contribution >= 0.6 is 11.6 Å². The summed E-state index contributed by atoms with van der Waals surface area (Å²) in [6.07, 6.45) is 3.55. The van der Waals surface area contributed by atoms with E-state index < -0.39 is 0 Å². The average molecular weight is 465 g/mol. The predicted molar refractivity (Wildman–Crippen MR) is 133 cm³/mol. The van der Waals surface area contributed by atoms with Crippen LogP contribution < -0.4 is 5.32 Å². The van der Waals surface area contributed by atoms with Crippen molar-refractivity contribution >= 4 is 29.2 Å². The maximum Gasteiger partial charge on any atom is 0.322 e. The number of hydrogen-bond donors (Lipinski definition) is 1. The molecule has 1 heterocycles. The van der Waals surface area contributed by atoms with Gasteiger partial charge in [-0.3, -0.25) is 4.79 Å². The van der Waals surface area contributed by atoms with E-state index in [0.29, 0.717) is 23.8 Å². The first-order chi connectivity index (χ1) is 15.9. The van der Waals surface area contributed by atoms with E-state index in [1.165, 1.54) is 4.90 Å². The third-order valence-electron chi connectivity index (χ3n) is 5.36. The maximum atomic E-state index is 13.4. The summed E-state index contributed by atoms with van der Waals surface area (Å²) in [7, 11) is 1.95. The Labute approximate surface area is 200 Å². The van der Waals surface area contributed by atoms with Crippen LogP contribution in [0.25, 0.3) is 0 Å². The van der Waals surface area contributed by atoms with Crippen LogP contribution in [-0.2, 0) is 24.9 Å². The van der Waals surface area contributed by atoms with Crippen LogP contribution in [0.15, 0.2) is 79.5 Å². The largest absolute Gasteiger partial charge is 0.353 e. The summed E-state index contributed by atoms with van der Waals surface area (Å²) in [5, 5.41) is 3.39. The third kappa shape index (κ3) is 6.73. The van der Waals surface area contributed by atoms with Gasteiger partial charge in [0, 0.05) is 42.7 Å². The molecule has 1 aromatic heterocycles. The molecule has 7 heteroatoms. The average Bonchev–Trinajstić information content (AvgIpc) is 3.20. The Morgan fingerprint density at radius 3 is 2.45 bits per heavy atom. The lowest BCUT2D eigenvalue weighted by Crippen LogP contribution is -2.44. The minimum Gasteiger partial charge on any atom is -0.353 e. The summed E-state index contributed by atoms with van der Waals surface area (Å²) in [6.45, 7) is 6.68. The molecule has 2 aromatic carbocycles. The summed E-state index contributed by atoms with van der Waals surface area (Å²) in [5.41, 5.74) is 3.52. The molecule has 0 radical (unpaired) electrons. The molecule has 0 unspecified atom stereocenters. The summed E-state index contributed by atoms with van der Waals surface area (Å²) < 4.78 is 1.99. The van der Waals surface area contributed by atoms with Crippen molar-refractivity contribution in [2.24, 2.45) is 7.05 Å². The fourth-order valence-corrected chi connectivity index (χ4v) is 3.58. The highest BCUT2D eigenvalue weighted by atomic mass is 35.5. The van der Waals surface area contributed by atoms with Crippen LogP contribution in [0.1, 0.15) is 16.8 Å². The van der Waals surface area contributed by atoms with E-state index in [1.807, 2.05) is 73.3 Å². The topological polar surface area (TPSA) is 57.6 Å². The van der Waals surface area contributed by atoms with Crippen molar-refractivity contribution in [1.29, 1.82) is 0 Å². The second kappa shape index (κ2) is 11.4. The molecule has 0 aliphatic rings. The zero-order chi connectivity index (χ0) is 23.8. The summed E-state index contributed by atoms with van der Waals surface area (Å²) >= 11 is 6.18. The molecule has 0 bridgehead atoms. The fourth-order valence-electron chi connectivity index (χ4n) is 3.40. The van der Waals surface area contributed by atoms with E-state index in [-0.39, 0.29) is 25.0 Å². The summed E-state index contributed by atoms with van der Waals surface area (Å²) in [5.74, 6) is -0.154. The van der Waals surface area contributed by atoms with Crippen LogP contribution in [0, 0.1) is 6.92 Å². The molecule has 0 aliphatic carbocycles. The number of rotatable bonds is 9. The monoisotopic (exact) mass is 464 g/mol. The SMILES string of the molecule is C=CCN(CC(=O)N(Cc1ccccc1)Cc1cccn1C)C(=O)Nc1ccc(C)c(Cl)c1. The maximum absolute atomic E-state index is 13.4. The molecule has 3 aromatic rings. The van der Waals surface area contributed by atoms with Crippen LogP contribution in [-0.4, -0.2) is 39.4 Å². The van der Waals surface area contributed by atoms with Gasteiger partial charge in [-0.05, 0) is 42.3 Å². The number of urea groups is 1. The fraction of sp³-hybridized carbons (Fsp3) is 0.231. The number of hydrogen-bond acceptors (Lipinski definition) is 2. The van der Waals surface area contributed by atoms with Gasteiger partial charge >= 0.3 is 6.03 Å². The first-order valence-corrected chi connectivity index (χ1v) is 11.1. The van der Waals surface area contributed by atoms with Crippen molar-refractivity contribution in [2.45, 2.75) is 20.0 Å². The summed E-state index contributed by atoms with van der Waals surface area (Å²) in [6, 6.07) is 18.7. The van der Waals surface area contributed by atoms with E-state index in [1.54, 1.807) is 23.1 Å². The first kappa shape index (κ1) is 24.1. The second-order valence-corrected chi connectivity index (χ2v) is 8.32. The Morgan fingerprint density at radius 2 is 1.82 bits per heavy atom. The standard InChI is InChI=1S/C26H29ClN4O2/c1-4-14-30(26(33)28-22-13-12-20(2)24(27)16-22)19-25(32)31(17-21-9-6-5-7-10-21)18-23-11-8-15-29(23)3/h4-13,15-16H,1,14,17-19H2,2-3H3,(H,28,33). The van der Waals surface area contributed by atoms with Gasteiger partial charge in [-0.1, -0.05) is 54.1 Å². The van der Waals surface area contributed by atoms with Crippen LogP contribution in [0.4, 0.5) is 10.5 Å². The Hall–Kier alpha value is -3.51. The lowest BCUT2D eigenvalue weighted by Gasteiger charge is -2.27. The van der Waals surface area contributed by atoms with Crippen LogP contribution in [0.3, 0.4) is 0 Å². The smallest absolute Gasteiger partial charge is 0.322 e. The molecule has 0 fully saturated rings. The van der Waals surface area contributed by atoms with Crippen LogP contribution in [0.5, 0.6) is 0 Å². The minimum atomic E-state index is -0.387. The van der Waals surface area contributed by atoms with Gasteiger partial charge < -0.3 is 19.7 Å². The quantitative estimate of drug-likeness (QED) is 0.440. The van der Waals surface area contributed by atoms with E-state index in [2.05, 4.69) is 11.9 Å². The highest BCUT2D eigenvalue weighted by Gasteiger charge is 2.22. The molecule has 0 aliphatic heterocycles. The van der Waals surface area contributed by atoms with Gasteiger partial charge in [-0.25, -0.2) is 4.79 Å². The molecule has 1 N–H and O–H groups in total. The number of halogens is 1. The number of benzene rings is 2. The van der Waals surface area contributed by atoms with Crippen molar-refractivity contribution in [3.05, 3.63) is 101 Å². The number of nitrogens with one attached hydrogen (secondary N) is 1. The van der Waals surface area contributed by atoms with Gasteiger partial charge in [0.2, 0.25) is 5.91 Å². The number of anilines is 1. The third-order valence-corrected chi connectivity index (χ3v) is 5.77. The lowest BCUT2D eigenvalue weighted by atomic mass is 10.2. The Kier molecular flexibility index (Phi) is 8.33. The van der Waals surface area contributed by atoms with Crippen molar-refractivity contribution < 1.29 is 9.59 Å². The normalized spacial score (nSPS) is 10.5. The van der Waals surface area contributed by atoms with E-state index in [4.69, 9.17) is 11.6 Å². The second-order valence-electron chi connectivity index (χ2n) is 7.91. The summed E-state index contributed by atoms with van der Waals surface area (Å²) in [4.78, 5) is 29.5. The molecule has 172 valence electrons. The molecule has 0 saturated heterocycles. The molecule has 3 amide bonds. The molecule has 3 rings (SSSR count). The number of nitrogens with zero attached hydrogens (tertiary/aromatic N) is 3. The Morgan fingerprint density at radius 1 is 1.06 bits per heavy atom. The molecular weight excluding hydrogens is 436 g/mol. The molecular formula is C26H29ClN4O2. The van der Waals surface area contributed by atoms with E-state index >= 15 is 0 Å². The van der Waals surface area contributed by atoms with Gasteiger partial charge in [-0.2, -0.15) is 0 Å². The molecule has 0 spiro atoms. The first-order valence-electron chi connectivity index (χ1n) is 10.7. The number of carbonyl (C=O) groups is 2. The Balaban J connectivity index is 1.75. The van der Waals surface area contributed by atoms with Gasteiger partial charge in [0.15, 0.2) is 0 Å². The minimum absolute atomic E-state index is 0.0747. The molecule has 33 heavy (non-hydrogen) atoms. The highest BCUT2D eigenvalue weighted by molar-refractivity contribution is 6.31. The number of aromatic nitrogens is 1. The van der Waals surface area contributed by atoms with Gasteiger partial charge in [0.25, 0.3) is 0 Å². The zero-order valence-electron chi connectivity index (χ0n) is 19.0. The zero-order valence-corrected chi connectivity index (χ0v) is 19.8. The van der Waals surface area contributed by atoms with Crippen molar-refractivity contribution in [3.63, 3.8) is 0 Å². The van der Waals surface area contributed by atoms with Gasteiger partial charge in [0.05, 0.1) is 6.54 Å². The number of amides is 3. The van der Waals surface area contributed by atoms with E-state index in [0.717, 1.165) is 16.8 Å². The van der Waals surface area contributed by atoms with Crippen LogP contribution in [0.2, 0.25) is 5.02 Å². The number of aryl methyl sites for hydroxylation is 2. The molecule has 6 nitrogen and oxygen atoms in total. The van der Waals surface area contributed by atoms with Crippen molar-refractivity contribution in [1.82, 2.24) is 14.4 Å². The van der Waals surface area contributed by atoms with Crippen molar-refractivity contribution in [3.8, 4) is 0 Å². The Bertz CT molecular complexity index is 1110. The van der Waals surface area contributed by atoms with Gasteiger partial charge in [-0.15, -0.1) is 6.58 Å².